The normalized spacial score (nSPS) is 23.0. The molecule has 0 saturated carbocycles. The molecule has 2 atom stereocenters. The highest BCUT2D eigenvalue weighted by atomic mass is 35.5. The summed E-state index contributed by atoms with van der Waals surface area (Å²) in [7, 11) is 0. The number of anilines is 1. The molecule has 0 spiro atoms. The van der Waals surface area contributed by atoms with Gasteiger partial charge in [0.1, 0.15) is 6.54 Å². The van der Waals surface area contributed by atoms with Crippen LogP contribution in [0.25, 0.3) is 0 Å². The van der Waals surface area contributed by atoms with Crippen LogP contribution >= 0.6 is 23.2 Å². The zero-order valence-corrected chi connectivity index (χ0v) is 15.0. The molecule has 2 aromatic rings. The minimum absolute atomic E-state index is 0.169. The summed E-state index contributed by atoms with van der Waals surface area (Å²) in [5, 5.41) is 0.816. The van der Waals surface area contributed by atoms with Gasteiger partial charge in [0.05, 0.1) is 18.7 Å². The fourth-order valence-electron chi connectivity index (χ4n) is 3.79. The van der Waals surface area contributed by atoms with Crippen molar-refractivity contribution in [3.8, 4) is 0 Å². The number of nitrogens with one attached hydrogen (secondary N) is 1. The standard InChI is InChI=1S/C19H16Cl2N2O2/c20-14-7-15(21)9-16(8-14)23-18(24)10-17(19(23)25)22-6-5-12-3-1-2-4-13(12)11-22/h1-4,7-9,17H,5-6,10-11H2/p+1/t17-/m1/s1. The Morgan fingerprint density at radius 3 is 2.40 bits per heavy atom. The lowest BCUT2D eigenvalue weighted by atomic mass is 9.98. The molecule has 0 aromatic heterocycles. The van der Waals surface area contributed by atoms with Gasteiger partial charge in [-0.25, -0.2) is 4.90 Å². The molecule has 4 rings (SSSR count). The average Bonchev–Trinajstić information content (AvgIpc) is 2.88. The van der Waals surface area contributed by atoms with Gasteiger partial charge in [-0.15, -0.1) is 0 Å². The first-order valence-corrected chi connectivity index (χ1v) is 9.03. The minimum Gasteiger partial charge on any atom is -0.320 e. The van der Waals surface area contributed by atoms with E-state index < -0.39 is 0 Å². The highest BCUT2D eigenvalue weighted by Crippen LogP contribution is 2.29. The number of carbonyl (C=O) groups is 2. The SMILES string of the molecule is O=C1C[C@@H]([NH+]2CCc3ccccc3C2)C(=O)N1c1cc(Cl)cc(Cl)c1. The maximum Gasteiger partial charge on any atom is 0.292 e. The second-order valence-electron chi connectivity index (χ2n) is 6.56. The molecular formula is C19H17Cl2N2O2+. The fourth-order valence-corrected chi connectivity index (χ4v) is 4.30. The molecule has 2 amide bonds. The predicted octanol–water partition coefficient (Wildman–Crippen LogP) is 2.27. The van der Waals surface area contributed by atoms with Crippen LogP contribution in [0.2, 0.25) is 10.0 Å². The lowest BCUT2D eigenvalue weighted by Crippen LogP contribution is -3.16. The summed E-state index contributed by atoms with van der Waals surface area (Å²) in [5.74, 6) is -0.364. The summed E-state index contributed by atoms with van der Waals surface area (Å²) < 4.78 is 0. The van der Waals surface area contributed by atoms with Crippen molar-refractivity contribution in [1.82, 2.24) is 0 Å². The number of halogens is 2. The van der Waals surface area contributed by atoms with E-state index in [1.54, 1.807) is 18.2 Å². The summed E-state index contributed by atoms with van der Waals surface area (Å²) in [4.78, 5) is 27.8. The number of rotatable bonds is 2. The molecule has 2 aliphatic heterocycles. The lowest BCUT2D eigenvalue weighted by molar-refractivity contribution is -0.930. The van der Waals surface area contributed by atoms with Gasteiger partial charge >= 0.3 is 0 Å². The van der Waals surface area contributed by atoms with E-state index in [9.17, 15) is 9.59 Å². The third kappa shape index (κ3) is 3.06. The molecule has 6 heteroatoms. The fraction of sp³-hybridized carbons (Fsp3) is 0.263. The van der Waals surface area contributed by atoms with Crippen molar-refractivity contribution < 1.29 is 14.5 Å². The Morgan fingerprint density at radius 2 is 1.68 bits per heavy atom. The highest BCUT2D eigenvalue weighted by molar-refractivity contribution is 6.35. The van der Waals surface area contributed by atoms with Crippen LogP contribution in [0.1, 0.15) is 17.5 Å². The third-order valence-corrected chi connectivity index (χ3v) is 5.43. The van der Waals surface area contributed by atoms with E-state index >= 15 is 0 Å². The van der Waals surface area contributed by atoms with E-state index in [-0.39, 0.29) is 24.3 Å². The van der Waals surface area contributed by atoms with Gasteiger partial charge in [0.15, 0.2) is 6.04 Å². The number of benzene rings is 2. The van der Waals surface area contributed by atoms with Crippen molar-refractivity contribution in [2.45, 2.75) is 25.4 Å². The number of nitrogens with zero attached hydrogens (tertiary/aromatic N) is 1. The predicted molar refractivity (Wildman–Crippen MR) is 97.0 cm³/mol. The van der Waals surface area contributed by atoms with Gasteiger partial charge in [0, 0.05) is 22.0 Å². The topological polar surface area (TPSA) is 41.8 Å². The monoisotopic (exact) mass is 375 g/mol. The van der Waals surface area contributed by atoms with E-state index in [0.29, 0.717) is 15.7 Å². The Labute approximate surface area is 155 Å². The number of fused-ring (bicyclic) bond motifs is 1. The van der Waals surface area contributed by atoms with Gasteiger partial charge in [-0.2, -0.15) is 0 Å². The summed E-state index contributed by atoms with van der Waals surface area (Å²) in [6, 6.07) is 12.7. The van der Waals surface area contributed by atoms with Crippen molar-refractivity contribution in [1.29, 1.82) is 0 Å². The first-order chi connectivity index (χ1) is 12.0. The van der Waals surface area contributed by atoms with Gasteiger partial charge < -0.3 is 4.90 Å². The largest absolute Gasteiger partial charge is 0.320 e. The summed E-state index contributed by atoms with van der Waals surface area (Å²) in [5.41, 5.74) is 3.04. The number of hydrogen-bond donors (Lipinski definition) is 1. The van der Waals surface area contributed by atoms with E-state index in [1.807, 2.05) is 12.1 Å². The first kappa shape index (κ1) is 16.6. The smallest absolute Gasteiger partial charge is 0.292 e. The molecule has 1 fully saturated rings. The second kappa shape index (κ2) is 6.45. The first-order valence-electron chi connectivity index (χ1n) is 8.27. The molecule has 128 valence electrons. The number of amides is 2. The molecule has 4 nitrogen and oxygen atoms in total. The molecule has 1 unspecified atom stereocenters. The number of hydrogen-bond acceptors (Lipinski definition) is 2. The van der Waals surface area contributed by atoms with Crippen LogP contribution in [0.15, 0.2) is 42.5 Å². The summed E-state index contributed by atoms with van der Waals surface area (Å²) in [6.45, 7) is 1.62. The number of quaternary nitrogens is 1. The average molecular weight is 376 g/mol. The quantitative estimate of drug-likeness (QED) is 0.818. The van der Waals surface area contributed by atoms with Gasteiger partial charge in [0.2, 0.25) is 5.91 Å². The van der Waals surface area contributed by atoms with Crippen molar-refractivity contribution in [2.75, 3.05) is 11.4 Å². The Hall–Kier alpha value is -1.88. The molecule has 1 saturated heterocycles. The van der Waals surface area contributed by atoms with E-state index in [1.165, 1.54) is 16.0 Å². The third-order valence-electron chi connectivity index (χ3n) is 5.00. The van der Waals surface area contributed by atoms with Crippen LogP contribution in [-0.2, 0) is 22.6 Å². The Balaban J connectivity index is 1.60. The van der Waals surface area contributed by atoms with Gasteiger partial charge in [-0.05, 0) is 23.8 Å². The molecule has 25 heavy (non-hydrogen) atoms. The molecular weight excluding hydrogens is 359 g/mol. The molecule has 1 N–H and O–H groups in total. The highest BCUT2D eigenvalue weighted by Gasteiger charge is 2.46. The molecule has 2 heterocycles. The second-order valence-corrected chi connectivity index (χ2v) is 7.43. The maximum absolute atomic E-state index is 12.9. The molecule has 0 aliphatic carbocycles. The molecule has 2 aliphatic rings. The molecule has 0 radical (unpaired) electrons. The maximum atomic E-state index is 12.9. The van der Waals surface area contributed by atoms with Crippen LogP contribution < -0.4 is 9.80 Å². The van der Waals surface area contributed by atoms with E-state index in [0.717, 1.165) is 24.4 Å². The minimum atomic E-state index is -0.349. The van der Waals surface area contributed by atoms with Crippen molar-refractivity contribution >= 4 is 40.7 Å². The zero-order chi connectivity index (χ0) is 17.6. The Bertz CT molecular complexity index is 848. The van der Waals surface area contributed by atoms with E-state index in [2.05, 4.69) is 12.1 Å². The van der Waals surface area contributed by atoms with E-state index in [4.69, 9.17) is 23.2 Å². The van der Waals surface area contributed by atoms with Crippen LogP contribution in [0, 0.1) is 0 Å². The Morgan fingerprint density at radius 1 is 1.00 bits per heavy atom. The lowest BCUT2D eigenvalue weighted by Gasteiger charge is -2.29. The van der Waals surface area contributed by atoms with Crippen molar-refractivity contribution in [2.24, 2.45) is 0 Å². The Kier molecular flexibility index (Phi) is 4.28. The van der Waals surface area contributed by atoms with Crippen LogP contribution in [-0.4, -0.2) is 24.4 Å². The summed E-state index contributed by atoms with van der Waals surface area (Å²) in [6.07, 6.45) is 1.15. The zero-order valence-electron chi connectivity index (χ0n) is 13.5. The van der Waals surface area contributed by atoms with Crippen LogP contribution in [0.4, 0.5) is 5.69 Å². The summed E-state index contributed by atoms with van der Waals surface area (Å²) >= 11 is 12.1. The molecule has 2 aromatic carbocycles. The van der Waals surface area contributed by atoms with Crippen LogP contribution in [0.5, 0.6) is 0 Å². The van der Waals surface area contributed by atoms with Gasteiger partial charge in [0.25, 0.3) is 5.91 Å². The van der Waals surface area contributed by atoms with Crippen molar-refractivity contribution in [3.05, 3.63) is 63.6 Å². The molecule has 0 bridgehead atoms. The van der Waals surface area contributed by atoms with Gasteiger partial charge in [-0.1, -0.05) is 47.5 Å². The number of carbonyl (C=O) groups excluding carboxylic acids is 2. The van der Waals surface area contributed by atoms with Crippen molar-refractivity contribution in [3.63, 3.8) is 0 Å². The number of imide groups is 1. The van der Waals surface area contributed by atoms with Gasteiger partial charge in [-0.3, -0.25) is 9.59 Å². The van der Waals surface area contributed by atoms with Crippen LogP contribution in [0.3, 0.4) is 0 Å².